The quantitative estimate of drug-likeness (QED) is 0.266. The maximum atomic E-state index is 11.9. The average molecular weight is 271 g/mol. The van der Waals surface area contributed by atoms with Gasteiger partial charge >= 0.3 is 0 Å². The van der Waals surface area contributed by atoms with Crippen molar-refractivity contribution in [1.82, 2.24) is 15.6 Å². The highest BCUT2D eigenvalue weighted by atomic mass is 16.5. The number of guanidine groups is 1. The van der Waals surface area contributed by atoms with Crippen LogP contribution in [0.15, 0.2) is 4.99 Å². The van der Waals surface area contributed by atoms with Crippen molar-refractivity contribution in [1.29, 1.82) is 0 Å². The molecule has 1 heterocycles. The number of hydrazine groups is 1. The molecule has 110 valence electrons. The number of carbonyl (C=O) groups excluding carboxylic acids is 1. The van der Waals surface area contributed by atoms with Gasteiger partial charge in [0.2, 0.25) is 11.9 Å². The Hall–Kier alpha value is -1.34. The number of hydrogen-bond acceptors (Lipinski definition) is 4. The molecule has 1 amide bonds. The van der Waals surface area contributed by atoms with Gasteiger partial charge in [-0.05, 0) is 5.92 Å². The lowest BCUT2D eigenvalue weighted by molar-refractivity contribution is -0.135. The van der Waals surface area contributed by atoms with Gasteiger partial charge in [0, 0.05) is 32.6 Å². The highest BCUT2D eigenvalue weighted by Crippen LogP contribution is 1.99. The molecule has 0 bridgehead atoms. The van der Waals surface area contributed by atoms with Gasteiger partial charge in [0.1, 0.15) is 0 Å². The zero-order valence-corrected chi connectivity index (χ0v) is 11.8. The van der Waals surface area contributed by atoms with Crippen LogP contribution in [0.4, 0.5) is 0 Å². The van der Waals surface area contributed by atoms with Gasteiger partial charge in [-0.3, -0.25) is 15.2 Å². The fraction of sp³-hybridized carbons (Fsp3) is 0.833. The number of ether oxygens (including phenoxy) is 1. The van der Waals surface area contributed by atoms with Crippen LogP contribution in [0.3, 0.4) is 0 Å². The normalized spacial score (nSPS) is 16.6. The summed E-state index contributed by atoms with van der Waals surface area (Å²) in [5.74, 6) is 6.50. The Morgan fingerprint density at radius 3 is 2.68 bits per heavy atom. The van der Waals surface area contributed by atoms with Crippen molar-refractivity contribution in [2.24, 2.45) is 16.8 Å². The molecule has 0 radical (unpaired) electrons. The van der Waals surface area contributed by atoms with Crippen LogP contribution in [0.2, 0.25) is 0 Å². The molecule has 19 heavy (non-hydrogen) atoms. The summed E-state index contributed by atoms with van der Waals surface area (Å²) in [4.78, 5) is 18.0. The zero-order valence-electron chi connectivity index (χ0n) is 11.8. The van der Waals surface area contributed by atoms with Crippen LogP contribution in [0.5, 0.6) is 0 Å². The monoisotopic (exact) mass is 271 g/mol. The summed E-state index contributed by atoms with van der Waals surface area (Å²) in [6, 6.07) is 0. The number of hydrogen-bond donors (Lipinski definition) is 3. The molecule has 1 aliphatic heterocycles. The fourth-order valence-electron chi connectivity index (χ4n) is 1.69. The van der Waals surface area contributed by atoms with Crippen LogP contribution in [0, 0.1) is 5.92 Å². The maximum Gasteiger partial charge on any atom is 0.224 e. The molecule has 4 N–H and O–H groups in total. The maximum absolute atomic E-state index is 11.9. The van der Waals surface area contributed by atoms with Gasteiger partial charge in [0.25, 0.3) is 0 Å². The number of nitrogens with two attached hydrogens (primary N) is 1. The molecule has 7 nitrogen and oxygen atoms in total. The fourth-order valence-corrected chi connectivity index (χ4v) is 1.69. The molecule has 0 atom stereocenters. The Labute approximate surface area is 114 Å². The summed E-state index contributed by atoms with van der Waals surface area (Å²) in [6.45, 7) is 8.01. The van der Waals surface area contributed by atoms with E-state index in [4.69, 9.17) is 10.6 Å². The SMILES string of the molecule is CC(C)CN=C(NN)NCCC(=O)N1CCOCC1. The average Bonchev–Trinajstić information content (AvgIpc) is 2.43. The van der Waals surface area contributed by atoms with Crippen LogP contribution in [-0.4, -0.2) is 56.2 Å². The molecule has 1 fully saturated rings. The Bertz CT molecular complexity index is 300. The Morgan fingerprint density at radius 2 is 2.11 bits per heavy atom. The predicted octanol–water partition coefficient (Wildman–Crippen LogP) is -0.700. The Balaban J connectivity index is 2.23. The zero-order chi connectivity index (χ0) is 14.1. The second kappa shape index (κ2) is 8.71. The Kier molecular flexibility index (Phi) is 7.20. The van der Waals surface area contributed by atoms with E-state index < -0.39 is 0 Å². The molecule has 0 unspecified atom stereocenters. The van der Waals surface area contributed by atoms with Crippen LogP contribution >= 0.6 is 0 Å². The van der Waals surface area contributed by atoms with E-state index in [1.54, 1.807) is 0 Å². The van der Waals surface area contributed by atoms with Crippen LogP contribution < -0.4 is 16.6 Å². The molecule has 1 rings (SSSR count). The second-order valence-corrected chi connectivity index (χ2v) is 4.90. The summed E-state index contributed by atoms with van der Waals surface area (Å²) >= 11 is 0. The van der Waals surface area contributed by atoms with Crippen molar-refractivity contribution in [3.63, 3.8) is 0 Å². The molecule has 0 aromatic heterocycles. The van der Waals surface area contributed by atoms with Gasteiger partial charge in [-0.2, -0.15) is 0 Å². The minimum Gasteiger partial charge on any atom is -0.378 e. The molecule has 0 aromatic carbocycles. The summed E-state index contributed by atoms with van der Waals surface area (Å²) in [5, 5.41) is 3.03. The lowest BCUT2D eigenvalue weighted by atomic mass is 10.2. The van der Waals surface area contributed by atoms with E-state index in [2.05, 4.69) is 29.6 Å². The van der Waals surface area contributed by atoms with E-state index in [0.717, 1.165) is 0 Å². The molecular weight excluding hydrogens is 246 g/mol. The number of rotatable bonds is 5. The summed E-state index contributed by atoms with van der Waals surface area (Å²) in [5.41, 5.74) is 2.50. The van der Waals surface area contributed by atoms with E-state index in [1.165, 1.54) is 0 Å². The van der Waals surface area contributed by atoms with E-state index in [0.29, 0.717) is 57.7 Å². The summed E-state index contributed by atoms with van der Waals surface area (Å²) < 4.78 is 5.21. The smallest absolute Gasteiger partial charge is 0.224 e. The molecule has 0 aromatic rings. The molecule has 1 saturated heterocycles. The molecule has 1 aliphatic rings. The molecule has 0 spiro atoms. The number of morpholine rings is 1. The minimum absolute atomic E-state index is 0.135. The first-order valence-electron chi connectivity index (χ1n) is 6.74. The van der Waals surface area contributed by atoms with E-state index in [1.807, 2.05) is 4.90 Å². The first kappa shape index (κ1) is 15.7. The van der Waals surface area contributed by atoms with Gasteiger partial charge in [0.05, 0.1) is 13.2 Å². The van der Waals surface area contributed by atoms with Gasteiger partial charge in [-0.25, -0.2) is 5.84 Å². The van der Waals surface area contributed by atoms with Crippen molar-refractivity contribution in [2.45, 2.75) is 20.3 Å². The van der Waals surface area contributed by atoms with E-state index in [-0.39, 0.29) is 5.91 Å². The second-order valence-electron chi connectivity index (χ2n) is 4.90. The molecule has 0 saturated carbocycles. The van der Waals surface area contributed by atoms with Crippen molar-refractivity contribution in [2.75, 3.05) is 39.4 Å². The first-order valence-corrected chi connectivity index (χ1v) is 6.74. The summed E-state index contributed by atoms with van der Waals surface area (Å²) in [7, 11) is 0. The predicted molar refractivity (Wildman–Crippen MR) is 74.5 cm³/mol. The highest BCUT2D eigenvalue weighted by Gasteiger charge is 2.16. The topological polar surface area (TPSA) is 92.0 Å². The van der Waals surface area contributed by atoms with Crippen LogP contribution in [0.25, 0.3) is 0 Å². The third-order valence-corrected chi connectivity index (χ3v) is 2.75. The van der Waals surface area contributed by atoms with E-state index >= 15 is 0 Å². The van der Waals surface area contributed by atoms with Gasteiger partial charge in [-0.1, -0.05) is 13.8 Å². The lowest BCUT2D eigenvalue weighted by Gasteiger charge is -2.26. The number of aliphatic imine (C=N–C) groups is 1. The number of nitrogens with one attached hydrogen (secondary N) is 2. The first-order chi connectivity index (χ1) is 9.13. The molecular formula is C12H25N5O2. The van der Waals surface area contributed by atoms with E-state index in [9.17, 15) is 4.79 Å². The largest absolute Gasteiger partial charge is 0.378 e. The van der Waals surface area contributed by atoms with Gasteiger partial charge < -0.3 is 15.0 Å². The van der Waals surface area contributed by atoms with Crippen molar-refractivity contribution < 1.29 is 9.53 Å². The van der Waals surface area contributed by atoms with Gasteiger partial charge in [0.15, 0.2) is 0 Å². The number of amides is 1. The summed E-state index contributed by atoms with van der Waals surface area (Å²) in [6.07, 6.45) is 0.433. The van der Waals surface area contributed by atoms with Crippen LogP contribution in [-0.2, 0) is 9.53 Å². The number of nitrogens with zero attached hydrogens (tertiary/aromatic N) is 2. The third-order valence-electron chi connectivity index (χ3n) is 2.75. The van der Waals surface area contributed by atoms with Crippen molar-refractivity contribution in [3.8, 4) is 0 Å². The lowest BCUT2D eigenvalue weighted by Crippen LogP contribution is -2.45. The Morgan fingerprint density at radius 1 is 1.42 bits per heavy atom. The molecule has 7 heteroatoms. The van der Waals surface area contributed by atoms with Gasteiger partial charge in [-0.15, -0.1) is 0 Å². The highest BCUT2D eigenvalue weighted by molar-refractivity contribution is 5.80. The minimum atomic E-state index is 0.135. The van der Waals surface area contributed by atoms with Crippen molar-refractivity contribution in [3.05, 3.63) is 0 Å². The third kappa shape index (κ3) is 6.40. The van der Waals surface area contributed by atoms with Crippen LogP contribution in [0.1, 0.15) is 20.3 Å². The van der Waals surface area contributed by atoms with Crippen molar-refractivity contribution >= 4 is 11.9 Å². The molecule has 0 aliphatic carbocycles. The standard InChI is InChI=1S/C12H25N5O2/c1-10(2)9-15-12(16-13)14-4-3-11(18)17-5-7-19-8-6-17/h10H,3-9,13H2,1-2H3,(H2,14,15,16). The number of carbonyl (C=O) groups is 1.